The summed E-state index contributed by atoms with van der Waals surface area (Å²) in [7, 11) is 0. The molecule has 44 heavy (non-hydrogen) atoms. The molecule has 0 amide bonds. The van der Waals surface area contributed by atoms with Gasteiger partial charge in [0.15, 0.2) is 5.78 Å². The molecule has 4 heteroatoms. The number of pyridine rings is 1. The molecule has 7 rings (SSSR count). The van der Waals surface area contributed by atoms with Crippen molar-refractivity contribution in [1.29, 1.82) is 0 Å². The summed E-state index contributed by atoms with van der Waals surface area (Å²) in [6.45, 7) is 2.38. The molecule has 0 unspecified atom stereocenters. The molecule has 0 spiro atoms. The number of hydrogen-bond donors (Lipinski definition) is 1. The topological polar surface area (TPSA) is 50.2 Å². The van der Waals surface area contributed by atoms with Crippen LogP contribution < -0.4 is 0 Å². The van der Waals surface area contributed by atoms with Gasteiger partial charge in [0.05, 0.1) is 5.76 Å². The van der Waals surface area contributed by atoms with Crippen LogP contribution in [0.25, 0.3) is 32.8 Å². The van der Waals surface area contributed by atoms with Gasteiger partial charge in [-0.15, -0.1) is 29.1 Å². The van der Waals surface area contributed by atoms with E-state index in [-0.39, 0.29) is 45.2 Å². The van der Waals surface area contributed by atoms with E-state index in [4.69, 9.17) is 4.98 Å². The predicted molar refractivity (Wildman–Crippen MR) is 180 cm³/mol. The Balaban J connectivity index is 0.000000223. The standard InChI is InChI=1S/C26H24N.C13H20O2.CH4.Ir/c1-18-9-11-19(12-10-18)22-14-13-21-15-16-27-26(25(21)17-22)24-8-4-6-20-5-2-3-7-23(20)24;14-12(10-5-1-2-6-10)9-13(15)11-7-3-4-8-11;;/h2-7,13-19H,9-12H2,1H3;9-11,14H,1-8H2;1H4;/q-1;;;. The molecule has 3 aliphatic rings. The molecule has 3 nitrogen and oxygen atoms in total. The maximum absolute atomic E-state index is 11.8. The van der Waals surface area contributed by atoms with Crippen molar-refractivity contribution in [2.45, 2.75) is 97.3 Å². The van der Waals surface area contributed by atoms with Gasteiger partial charge in [-0.05, 0) is 78.5 Å². The van der Waals surface area contributed by atoms with Crippen LogP contribution in [0.5, 0.6) is 0 Å². The van der Waals surface area contributed by atoms with Crippen LogP contribution >= 0.6 is 0 Å². The molecule has 3 fully saturated rings. The molecular weight excluding hydrogens is 719 g/mol. The Hall–Kier alpha value is -2.81. The molecule has 3 saturated carbocycles. The number of rotatable bonds is 5. The molecular formula is C40H48IrNO2-. The van der Waals surface area contributed by atoms with Crippen molar-refractivity contribution in [1.82, 2.24) is 4.98 Å². The summed E-state index contributed by atoms with van der Waals surface area (Å²) in [6.07, 6.45) is 17.6. The Labute approximate surface area is 277 Å². The SMILES string of the molecule is C.CC1CCC(c2ccc3ccnc(-c4[c-]ccc5ccccc45)c3c2)CC1.O=C(C=C(O)C1CCCC1)C1CCCC1.[Ir]. The molecule has 1 radical (unpaired) electrons. The second-order valence-electron chi connectivity index (χ2n) is 13.0. The predicted octanol–water partition coefficient (Wildman–Crippen LogP) is 11.2. The average Bonchev–Trinajstić information content (AvgIpc) is 3.77. The first-order valence-corrected chi connectivity index (χ1v) is 16.3. The van der Waals surface area contributed by atoms with Crippen LogP contribution in [0.2, 0.25) is 0 Å². The third-order valence-corrected chi connectivity index (χ3v) is 10.1. The fourth-order valence-electron chi connectivity index (χ4n) is 7.40. The van der Waals surface area contributed by atoms with E-state index in [2.05, 4.69) is 67.6 Å². The number of nitrogens with zero attached hydrogens (tertiary/aromatic N) is 1. The minimum Gasteiger partial charge on any atom is -0.512 e. The van der Waals surface area contributed by atoms with Gasteiger partial charge in [0.2, 0.25) is 0 Å². The van der Waals surface area contributed by atoms with Gasteiger partial charge in [-0.25, -0.2) is 0 Å². The molecule has 1 aromatic heterocycles. The molecule has 3 aromatic carbocycles. The van der Waals surface area contributed by atoms with Crippen LogP contribution in [-0.4, -0.2) is 15.9 Å². The van der Waals surface area contributed by atoms with E-state index < -0.39 is 0 Å². The van der Waals surface area contributed by atoms with Gasteiger partial charge in [-0.1, -0.05) is 101 Å². The zero-order valence-electron chi connectivity index (χ0n) is 25.4. The molecule has 1 N–H and O–H groups in total. The Morgan fingerprint density at radius 3 is 2.20 bits per heavy atom. The van der Waals surface area contributed by atoms with Gasteiger partial charge in [0.1, 0.15) is 0 Å². The fraction of sp³-hybridized carbons (Fsp3) is 0.450. The van der Waals surface area contributed by atoms with Crippen molar-refractivity contribution in [3.8, 4) is 11.3 Å². The Morgan fingerprint density at radius 1 is 0.818 bits per heavy atom. The minimum atomic E-state index is 0. The summed E-state index contributed by atoms with van der Waals surface area (Å²) in [5, 5.41) is 14.8. The zero-order valence-corrected chi connectivity index (χ0v) is 27.8. The monoisotopic (exact) mass is 767 g/mol. The molecule has 0 atom stereocenters. The van der Waals surface area contributed by atoms with Crippen LogP contribution in [-0.2, 0) is 24.9 Å². The smallest absolute Gasteiger partial charge is 0.162 e. The summed E-state index contributed by atoms with van der Waals surface area (Å²) in [5.41, 5.74) is 3.63. The van der Waals surface area contributed by atoms with E-state index in [0.29, 0.717) is 11.7 Å². The van der Waals surface area contributed by atoms with Crippen molar-refractivity contribution >= 4 is 27.3 Å². The second-order valence-corrected chi connectivity index (χ2v) is 13.0. The van der Waals surface area contributed by atoms with Gasteiger partial charge < -0.3 is 10.1 Å². The molecule has 0 aliphatic heterocycles. The van der Waals surface area contributed by atoms with Gasteiger partial charge in [0.25, 0.3) is 0 Å². The molecule has 4 aromatic rings. The Morgan fingerprint density at radius 2 is 1.48 bits per heavy atom. The van der Waals surface area contributed by atoms with Crippen LogP contribution in [0.1, 0.15) is 103 Å². The molecule has 235 valence electrons. The Kier molecular flexibility index (Phi) is 12.4. The fourth-order valence-corrected chi connectivity index (χ4v) is 7.40. The average molecular weight is 767 g/mol. The van der Waals surface area contributed by atoms with Gasteiger partial charge in [-0.2, -0.15) is 0 Å². The summed E-state index contributed by atoms with van der Waals surface area (Å²) < 4.78 is 0. The van der Waals surface area contributed by atoms with Crippen molar-refractivity contribution in [2.75, 3.05) is 0 Å². The van der Waals surface area contributed by atoms with Crippen LogP contribution in [0, 0.1) is 23.8 Å². The number of hydrogen-bond acceptors (Lipinski definition) is 3. The maximum atomic E-state index is 11.8. The molecule has 0 saturated heterocycles. The summed E-state index contributed by atoms with van der Waals surface area (Å²) in [5.74, 6) is 2.56. The quantitative estimate of drug-likeness (QED) is 0.125. The number of fused-ring (bicyclic) bond motifs is 2. The first-order valence-electron chi connectivity index (χ1n) is 16.3. The van der Waals surface area contributed by atoms with Gasteiger partial charge in [-0.3, -0.25) is 4.79 Å². The third-order valence-electron chi connectivity index (χ3n) is 10.1. The summed E-state index contributed by atoms with van der Waals surface area (Å²) >= 11 is 0. The van der Waals surface area contributed by atoms with Gasteiger partial charge in [0, 0.05) is 44.2 Å². The largest absolute Gasteiger partial charge is 0.512 e. The first kappa shape index (κ1) is 34.1. The summed E-state index contributed by atoms with van der Waals surface area (Å²) in [6, 6.07) is 25.3. The minimum absolute atomic E-state index is 0. The maximum Gasteiger partial charge on any atom is 0.162 e. The number of carbonyl (C=O) groups is 1. The van der Waals surface area contributed by atoms with Crippen LogP contribution in [0.3, 0.4) is 0 Å². The van der Waals surface area contributed by atoms with E-state index in [1.165, 1.54) is 84.6 Å². The first-order chi connectivity index (χ1) is 20.6. The molecule has 0 bridgehead atoms. The number of ketones is 1. The summed E-state index contributed by atoms with van der Waals surface area (Å²) in [4.78, 5) is 16.6. The molecule has 3 aliphatic carbocycles. The third kappa shape index (κ3) is 7.88. The number of aliphatic hydroxyl groups excluding tert-OH is 1. The van der Waals surface area contributed by atoms with E-state index in [1.54, 1.807) is 0 Å². The van der Waals surface area contributed by atoms with Crippen molar-refractivity contribution in [3.63, 3.8) is 0 Å². The number of allylic oxidation sites excluding steroid dienone is 2. The zero-order chi connectivity index (χ0) is 28.9. The van der Waals surface area contributed by atoms with Crippen LogP contribution in [0.15, 0.2) is 78.7 Å². The van der Waals surface area contributed by atoms with Crippen molar-refractivity contribution in [3.05, 3.63) is 90.3 Å². The number of carbonyl (C=O) groups excluding carboxylic acids is 1. The Bertz CT molecular complexity index is 1550. The van der Waals surface area contributed by atoms with E-state index in [1.807, 2.05) is 12.3 Å². The van der Waals surface area contributed by atoms with E-state index in [9.17, 15) is 9.90 Å². The number of benzene rings is 3. The number of aliphatic hydroxyl groups is 1. The van der Waals surface area contributed by atoms with E-state index >= 15 is 0 Å². The van der Waals surface area contributed by atoms with Crippen LogP contribution in [0.4, 0.5) is 0 Å². The van der Waals surface area contributed by atoms with Gasteiger partial charge >= 0.3 is 0 Å². The molecule has 1 heterocycles. The normalized spacial score (nSPS) is 20.9. The van der Waals surface area contributed by atoms with Crippen molar-refractivity contribution < 1.29 is 30.0 Å². The van der Waals surface area contributed by atoms with E-state index in [0.717, 1.165) is 42.9 Å². The van der Waals surface area contributed by atoms with Crippen molar-refractivity contribution in [2.24, 2.45) is 17.8 Å². The number of aromatic nitrogens is 1. The second kappa shape index (κ2) is 16.0.